The molecule has 1 amide bonds. The molecule has 3 rings (SSSR count). The first kappa shape index (κ1) is 21.4. The van der Waals surface area contributed by atoms with Crippen molar-refractivity contribution in [1.82, 2.24) is 10.3 Å². The van der Waals surface area contributed by atoms with Crippen LogP contribution in [0.5, 0.6) is 0 Å². The van der Waals surface area contributed by atoms with Crippen molar-refractivity contribution >= 4 is 23.3 Å². The Morgan fingerprint density at radius 1 is 1.17 bits per heavy atom. The van der Waals surface area contributed by atoms with Gasteiger partial charge >= 0.3 is 6.18 Å². The number of anilines is 1. The quantitative estimate of drug-likeness (QED) is 0.683. The molecule has 1 aromatic heterocycles. The van der Waals surface area contributed by atoms with Crippen LogP contribution in [0.3, 0.4) is 0 Å². The number of alkyl halides is 3. The standard InChI is InChI=1S/C20H21ClF3N3O2/c21-16-3-1-2-14(12-16)19(6-10-29-11-7-19)18(28)26-9-8-25-17-5-4-15(13-27-17)20(22,23)24/h1-5,12-13H,6-11H2,(H,25,27)(H,26,28). The highest BCUT2D eigenvalue weighted by atomic mass is 35.5. The predicted octanol–water partition coefficient (Wildman–Crippen LogP) is 4.03. The van der Waals surface area contributed by atoms with Crippen molar-refractivity contribution < 1.29 is 22.7 Å². The maximum absolute atomic E-state index is 13.0. The lowest BCUT2D eigenvalue weighted by Crippen LogP contribution is -2.49. The van der Waals surface area contributed by atoms with Crippen LogP contribution < -0.4 is 10.6 Å². The van der Waals surface area contributed by atoms with E-state index in [0.29, 0.717) is 50.0 Å². The Balaban J connectivity index is 1.58. The van der Waals surface area contributed by atoms with Gasteiger partial charge in [-0.25, -0.2) is 4.98 Å². The fourth-order valence-corrected chi connectivity index (χ4v) is 3.55. The van der Waals surface area contributed by atoms with E-state index in [2.05, 4.69) is 15.6 Å². The number of benzene rings is 1. The SMILES string of the molecule is O=C(NCCNc1ccc(C(F)(F)F)cn1)C1(c2cccc(Cl)c2)CCOCC1. The fraction of sp³-hybridized carbons (Fsp3) is 0.400. The fourth-order valence-electron chi connectivity index (χ4n) is 3.35. The van der Waals surface area contributed by atoms with Crippen molar-refractivity contribution in [3.05, 3.63) is 58.7 Å². The van der Waals surface area contributed by atoms with Crippen LogP contribution in [0, 0.1) is 0 Å². The summed E-state index contributed by atoms with van der Waals surface area (Å²) < 4.78 is 43.1. The van der Waals surface area contributed by atoms with Crippen LogP contribution in [0.2, 0.25) is 5.02 Å². The number of aromatic nitrogens is 1. The van der Waals surface area contributed by atoms with Gasteiger partial charge in [-0.05, 0) is 42.7 Å². The summed E-state index contributed by atoms with van der Waals surface area (Å²) in [6.07, 6.45) is -2.55. The average molecular weight is 428 g/mol. The molecule has 0 spiro atoms. The molecule has 9 heteroatoms. The molecular formula is C20H21ClF3N3O2. The zero-order valence-corrected chi connectivity index (χ0v) is 16.3. The van der Waals surface area contributed by atoms with Crippen LogP contribution in [-0.2, 0) is 21.1 Å². The molecule has 0 unspecified atom stereocenters. The van der Waals surface area contributed by atoms with Gasteiger partial charge in [-0.15, -0.1) is 0 Å². The number of hydrogen-bond acceptors (Lipinski definition) is 4. The number of amides is 1. The molecule has 2 N–H and O–H groups in total. The van der Waals surface area contributed by atoms with Crippen molar-refractivity contribution in [3.63, 3.8) is 0 Å². The molecule has 1 aliphatic heterocycles. The molecule has 29 heavy (non-hydrogen) atoms. The molecule has 1 aromatic carbocycles. The van der Waals surface area contributed by atoms with Crippen LogP contribution in [0.4, 0.5) is 19.0 Å². The number of hydrogen-bond donors (Lipinski definition) is 2. The maximum Gasteiger partial charge on any atom is 0.417 e. The largest absolute Gasteiger partial charge is 0.417 e. The molecule has 1 saturated heterocycles. The molecule has 1 fully saturated rings. The molecule has 0 aliphatic carbocycles. The monoisotopic (exact) mass is 427 g/mol. The summed E-state index contributed by atoms with van der Waals surface area (Å²) in [5, 5.41) is 6.38. The van der Waals surface area contributed by atoms with Gasteiger partial charge in [0, 0.05) is 37.5 Å². The molecule has 0 bridgehead atoms. The summed E-state index contributed by atoms with van der Waals surface area (Å²) in [5.74, 6) is 0.188. The summed E-state index contributed by atoms with van der Waals surface area (Å²) in [6, 6.07) is 9.50. The zero-order valence-electron chi connectivity index (χ0n) is 15.6. The third-order valence-electron chi connectivity index (χ3n) is 4.97. The van der Waals surface area contributed by atoms with Gasteiger partial charge in [-0.2, -0.15) is 13.2 Å². The zero-order chi connectivity index (χ0) is 20.9. The highest BCUT2D eigenvalue weighted by molar-refractivity contribution is 6.30. The van der Waals surface area contributed by atoms with E-state index >= 15 is 0 Å². The Kier molecular flexibility index (Phi) is 6.64. The third-order valence-corrected chi connectivity index (χ3v) is 5.20. The lowest BCUT2D eigenvalue weighted by molar-refractivity contribution is -0.137. The van der Waals surface area contributed by atoms with Crippen LogP contribution >= 0.6 is 11.6 Å². The number of halogens is 4. The Hall–Kier alpha value is -2.32. The van der Waals surface area contributed by atoms with Crippen molar-refractivity contribution in [2.45, 2.75) is 24.4 Å². The second-order valence-electron chi connectivity index (χ2n) is 6.82. The average Bonchev–Trinajstić information content (AvgIpc) is 2.71. The lowest BCUT2D eigenvalue weighted by atomic mass is 9.73. The maximum atomic E-state index is 13.0. The predicted molar refractivity (Wildman–Crippen MR) is 104 cm³/mol. The Morgan fingerprint density at radius 2 is 1.93 bits per heavy atom. The number of carbonyl (C=O) groups excluding carboxylic acids is 1. The number of carbonyl (C=O) groups is 1. The van der Waals surface area contributed by atoms with E-state index in [1.54, 1.807) is 12.1 Å². The van der Waals surface area contributed by atoms with Crippen LogP contribution in [-0.4, -0.2) is 37.2 Å². The summed E-state index contributed by atoms with van der Waals surface area (Å²) in [4.78, 5) is 16.8. The minimum atomic E-state index is -4.42. The summed E-state index contributed by atoms with van der Waals surface area (Å²) >= 11 is 6.11. The molecule has 0 radical (unpaired) electrons. The smallest absolute Gasteiger partial charge is 0.381 e. The number of rotatable bonds is 6. The van der Waals surface area contributed by atoms with E-state index in [4.69, 9.17) is 16.3 Å². The normalized spacial score (nSPS) is 16.3. The van der Waals surface area contributed by atoms with E-state index in [1.165, 1.54) is 6.07 Å². The Labute approximate surface area is 171 Å². The van der Waals surface area contributed by atoms with Gasteiger partial charge in [0.15, 0.2) is 0 Å². The number of pyridine rings is 1. The highest BCUT2D eigenvalue weighted by Gasteiger charge is 2.41. The Morgan fingerprint density at radius 3 is 2.55 bits per heavy atom. The number of ether oxygens (including phenoxy) is 1. The van der Waals surface area contributed by atoms with Crippen molar-refractivity contribution in [1.29, 1.82) is 0 Å². The summed E-state index contributed by atoms with van der Waals surface area (Å²) in [7, 11) is 0. The lowest BCUT2D eigenvalue weighted by Gasteiger charge is -2.36. The van der Waals surface area contributed by atoms with Crippen LogP contribution in [0.25, 0.3) is 0 Å². The molecule has 5 nitrogen and oxygen atoms in total. The summed E-state index contributed by atoms with van der Waals surface area (Å²) in [5.41, 5.74) is -0.669. The first-order valence-electron chi connectivity index (χ1n) is 9.20. The minimum Gasteiger partial charge on any atom is -0.381 e. The number of nitrogens with one attached hydrogen (secondary N) is 2. The third kappa shape index (κ3) is 5.19. The molecule has 1 aliphatic rings. The Bertz CT molecular complexity index is 838. The van der Waals surface area contributed by atoms with E-state index in [9.17, 15) is 18.0 Å². The molecule has 156 valence electrons. The van der Waals surface area contributed by atoms with Gasteiger partial charge in [0.05, 0.1) is 11.0 Å². The van der Waals surface area contributed by atoms with Gasteiger partial charge in [-0.3, -0.25) is 4.79 Å². The van der Waals surface area contributed by atoms with E-state index in [0.717, 1.165) is 17.8 Å². The molecule has 2 heterocycles. The van der Waals surface area contributed by atoms with Crippen molar-refractivity contribution in [3.8, 4) is 0 Å². The molecular weight excluding hydrogens is 407 g/mol. The topological polar surface area (TPSA) is 63.2 Å². The van der Waals surface area contributed by atoms with Crippen molar-refractivity contribution in [2.24, 2.45) is 0 Å². The van der Waals surface area contributed by atoms with Gasteiger partial charge < -0.3 is 15.4 Å². The second-order valence-corrected chi connectivity index (χ2v) is 7.25. The molecule has 0 atom stereocenters. The molecule has 2 aromatic rings. The van der Waals surface area contributed by atoms with E-state index in [1.807, 2.05) is 12.1 Å². The first-order chi connectivity index (χ1) is 13.8. The second kappa shape index (κ2) is 9.00. The van der Waals surface area contributed by atoms with Gasteiger partial charge in [0.2, 0.25) is 5.91 Å². The first-order valence-corrected chi connectivity index (χ1v) is 9.58. The summed E-state index contributed by atoms with van der Waals surface area (Å²) in [6.45, 7) is 1.58. The van der Waals surface area contributed by atoms with Crippen molar-refractivity contribution in [2.75, 3.05) is 31.6 Å². The van der Waals surface area contributed by atoms with E-state index in [-0.39, 0.29) is 5.91 Å². The minimum absolute atomic E-state index is 0.120. The van der Waals surface area contributed by atoms with Crippen LogP contribution in [0.15, 0.2) is 42.6 Å². The van der Waals surface area contributed by atoms with E-state index < -0.39 is 17.2 Å². The van der Waals surface area contributed by atoms with Gasteiger partial charge in [-0.1, -0.05) is 23.7 Å². The van der Waals surface area contributed by atoms with Gasteiger partial charge in [0.1, 0.15) is 5.82 Å². The highest BCUT2D eigenvalue weighted by Crippen LogP contribution is 2.36. The van der Waals surface area contributed by atoms with Crippen LogP contribution in [0.1, 0.15) is 24.0 Å². The molecule has 0 saturated carbocycles. The van der Waals surface area contributed by atoms with Gasteiger partial charge in [0.25, 0.3) is 0 Å². The number of nitrogens with zero attached hydrogens (tertiary/aromatic N) is 1.